The minimum absolute atomic E-state index is 0.00557. The summed E-state index contributed by atoms with van der Waals surface area (Å²) < 4.78 is -0.187. The Balaban J connectivity index is 1.31. The maximum Gasteiger partial charge on any atom is 0.314 e. The highest BCUT2D eigenvalue weighted by Gasteiger charge is 2.26. The van der Waals surface area contributed by atoms with Crippen LogP contribution in [0.5, 0.6) is 0 Å². The first-order valence-electron chi connectivity index (χ1n) is 8.46. The molecule has 0 spiro atoms. The molecule has 3 N–H and O–H groups in total. The second-order valence-electron chi connectivity index (χ2n) is 5.72. The van der Waals surface area contributed by atoms with Crippen molar-refractivity contribution in [2.75, 3.05) is 24.2 Å². The molecule has 1 atom stereocenters. The zero-order valence-electron chi connectivity index (χ0n) is 14.2. The quantitative estimate of drug-likeness (QED) is 0.638. The first kappa shape index (κ1) is 18.7. The number of hydrogen-bond donors (Lipinski definition) is 3. The van der Waals surface area contributed by atoms with Gasteiger partial charge in [-0.3, -0.25) is 4.79 Å². The molecular weight excluding hydrogens is 366 g/mol. The summed E-state index contributed by atoms with van der Waals surface area (Å²) in [6.07, 6.45) is 0.807. The molecule has 2 aromatic carbocycles. The third-order valence-corrected chi connectivity index (χ3v) is 6.48. The topological polar surface area (TPSA) is 70.2 Å². The molecule has 1 aliphatic rings. The van der Waals surface area contributed by atoms with E-state index < -0.39 is 0 Å². The van der Waals surface area contributed by atoms with Crippen LogP contribution in [0.3, 0.4) is 0 Å². The van der Waals surface area contributed by atoms with Crippen molar-refractivity contribution in [3.8, 4) is 0 Å². The van der Waals surface area contributed by atoms with Crippen molar-refractivity contribution >= 4 is 41.1 Å². The van der Waals surface area contributed by atoms with Crippen LogP contribution in [-0.2, 0) is 11.2 Å². The van der Waals surface area contributed by atoms with Crippen LogP contribution in [0, 0.1) is 0 Å². The number of fused-ring (bicyclic) bond motifs is 1. The molecule has 3 amide bonds. The number of thioether (sulfide) groups is 2. The van der Waals surface area contributed by atoms with Gasteiger partial charge in [-0.05, 0) is 24.1 Å². The SMILES string of the molecule is O=C(NCCSC1Sc2ccccc2NC1=O)NCCc1ccccc1. The van der Waals surface area contributed by atoms with Crippen molar-refractivity contribution < 1.29 is 9.59 Å². The number of rotatable bonds is 7. The van der Waals surface area contributed by atoms with E-state index in [2.05, 4.69) is 16.0 Å². The zero-order valence-corrected chi connectivity index (χ0v) is 15.9. The average molecular weight is 388 g/mol. The van der Waals surface area contributed by atoms with Gasteiger partial charge in [0.05, 0.1) is 5.69 Å². The third kappa shape index (κ3) is 5.44. The summed E-state index contributed by atoms with van der Waals surface area (Å²) in [7, 11) is 0. The van der Waals surface area contributed by atoms with E-state index in [0.717, 1.165) is 17.0 Å². The second kappa shape index (κ2) is 9.54. The Bertz CT molecular complexity index is 755. The van der Waals surface area contributed by atoms with Crippen molar-refractivity contribution in [1.82, 2.24) is 10.6 Å². The molecule has 0 bridgehead atoms. The predicted octanol–water partition coefficient (Wildman–Crippen LogP) is 3.33. The van der Waals surface area contributed by atoms with Crippen LogP contribution in [0.1, 0.15) is 5.56 Å². The van der Waals surface area contributed by atoms with Gasteiger partial charge in [0.1, 0.15) is 4.58 Å². The number of nitrogens with one attached hydrogen (secondary N) is 3. The monoisotopic (exact) mass is 387 g/mol. The third-order valence-electron chi connectivity index (χ3n) is 3.79. The Morgan fingerprint density at radius 2 is 1.77 bits per heavy atom. The molecule has 3 rings (SSSR count). The van der Waals surface area contributed by atoms with Crippen LogP contribution in [0.25, 0.3) is 0 Å². The lowest BCUT2D eigenvalue weighted by Crippen LogP contribution is -2.38. The van der Waals surface area contributed by atoms with Crippen LogP contribution < -0.4 is 16.0 Å². The molecule has 26 heavy (non-hydrogen) atoms. The normalized spacial score (nSPS) is 15.7. The molecule has 5 nitrogen and oxygen atoms in total. The van der Waals surface area contributed by atoms with Crippen molar-refractivity contribution in [2.45, 2.75) is 15.9 Å². The Labute approximate surface area is 161 Å². The zero-order chi connectivity index (χ0) is 18.2. The summed E-state index contributed by atoms with van der Waals surface area (Å²) in [5, 5.41) is 8.60. The van der Waals surface area contributed by atoms with E-state index >= 15 is 0 Å². The van der Waals surface area contributed by atoms with Crippen LogP contribution >= 0.6 is 23.5 Å². The Kier molecular flexibility index (Phi) is 6.85. The van der Waals surface area contributed by atoms with Gasteiger partial charge in [0, 0.05) is 23.7 Å². The lowest BCUT2D eigenvalue weighted by molar-refractivity contribution is -0.114. The molecule has 0 aromatic heterocycles. The van der Waals surface area contributed by atoms with Crippen molar-refractivity contribution in [3.05, 3.63) is 60.2 Å². The summed E-state index contributed by atoms with van der Waals surface area (Å²) >= 11 is 3.10. The molecule has 1 unspecified atom stereocenters. The molecule has 0 saturated heterocycles. The number of hydrogen-bond acceptors (Lipinski definition) is 4. The molecule has 0 radical (unpaired) electrons. The molecule has 1 aliphatic heterocycles. The number of amides is 3. The number of para-hydroxylation sites is 1. The second-order valence-corrected chi connectivity index (χ2v) is 8.38. The van der Waals surface area contributed by atoms with E-state index in [9.17, 15) is 9.59 Å². The molecule has 2 aromatic rings. The van der Waals surface area contributed by atoms with E-state index in [-0.39, 0.29) is 16.5 Å². The Morgan fingerprint density at radius 3 is 2.62 bits per heavy atom. The van der Waals surface area contributed by atoms with Gasteiger partial charge >= 0.3 is 6.03 Å². The molecule has 0 fully saturated rings. The maximum atomic E-state index is 12.1. The molecule has 1 heterocycles. The highest BCUT2D eigenvalue weighted by atomic mass is 32.2. The summed E-state index contributed by atoms with van der Waals surface area (Å²) in [5.74, 6) is 0.685. The van der Waals surface area contributed by atoms with Crippen LogP contribution in [0.4, 0.5) is 10.5 Å². The summed E-state index contributed by atoms with van der Waals surface area (Å²) in [6, 6.07) is 17.7. The van der Waals surface area contributed by atoms with E-state index in [0.29, 0.717) is 18.8 Å². The van der Waals surface area contributed by atoms with Crippen LogP contribution in [0.15, 0.2) is 59.5 Å². The standard InChI is InChI=1S/C19H21N3O2S2/c23-17-18(26-16-9-5-4-8-15(16)22-17)25-13-12-21-19(24)20-11-10-14-6-2-1-3-7-14/h1-9,18H,10-13H2,(H,22,23)(H2,20,21,24). The number of benzene rings is 2. The van der Waals surface area contributed by atoms with E-state index in [1.807, 2.05) is 54.6 Å². The lowest BCUT2D eigenvalue weighted by atomic mass is 10.1. The summed E-state index contributed by atoms with van der Waals surface area (Å²) in [4.78, 5) is 25.0. The highest BCUT2D eigenvalue weighted by Crippen LogP contribution is 2.39. The van der Waals surface area contributed by atoms with Crippen LogP contribution in [-0.4, -0.2) is 35.4 Å². The Morgan fingerprint density at radius 1 is 1.04 bits per heavy atom. The van der Waals surface area contributed by atoms with E-state index in [4.69, 9.17) is 0 Å². The van der Waals surface area contributed by atoms with Crippen LogP contribution in [0.2, 0.25) is 0 Å². The first-order chi connectivity index (χ1) is 12.7. The fourth-order valence-electron chi connectivity index (χ4n) is 2.50. The van der Waals surface area contributed by atoms with Gasteiger partial charge in [0.25, 0.3) is 0 Å². The van der Waals surface area contributed by atoms with Gasteiger partial charge in [-0.2, -0.15) is 0 Å². The molecule has 7 heteroatoms. The highest BCUT2D eigenvalue weighted by molar-refractivity contribution is 8.18. The van der Waals surface area contributed by atoms with Gasteiger partial charge in [-0.1, -0.05) is 54.2 Å². The molecule has 0 aliphatic carbocycles. The number of anilines is 1. The van der Waals surface area contributed by atoms with Gasteiger partial charge < -0.3 is 16.0 Å². The smallest absolute Gasteiger partial charge is 0.314 e. The molecule has 136 valence electrons. The summed E-state index contributed by atoms with van der Waals surface area (Å²) in [5.41, 5.74) is 2.07. The summed E-state index contributed by atoms with van der Waals surface area (Å²) in [6.45, 7) is 1.12. The maximum absolute atomic E-state index is 12.1. The largest absolute Gasteiger partial charge is 0.338 e. The minimum Gasteiger partial charge on any atom is -0.338 e. The van der Waals surface area contributed by atoms with Crippen molar-refractivity contribution in [2.24, 2.45) is 0 Å². The van der Waals surface area contributed by atoms with Gasteiger partial charge in [0.2, 0.25) is 5.91 Å². The van der Waals surface area contributed by atoms with Crippen molar-refractivity contribution in [3.63, 3.8) is 0 Å². The van der Waals surface area contributed by atoms with Gasteiger partial charge in [-0.15, -0.1) is 11.8 Å². The van der Waals surface area contributed by atoms with Crippen molar-refractivity contribution in [1.29, 1.82) is 0 Å². The number of urea groups is 1. The first-order valence-corrected chi connectivity index (χ1v) is 10.4. The van der Waals surface area contributed by atoms with E-state index in [1.54, 1.807) is 23.5 Å². The Hall–Kier alpha value is -2.12. The fourth-order valence-corrected chi connectivity index (χ4v) is 4.82. The minimum atomic E-state index is -0.187. The lowest BCUT2D eigenvalue weighted by Gasteiger charge is -2.23. The molecule has 0 saturated carbocycles. The van der Waals surface area contributed by atoms with E-state index in [1.165, 1.54) is 5.56 Å². The van der Waals surface area contributed by atoms with Gasteiger partial charge in [-0.25, -0.2) is 4.79 Å². The average Bonchev–Trinajstić information content (AvgIpc) is 2.66. The number of carbonyl (C=O) groups excluding carboxylic acids is 2. The molecular formula is C19H21N3O2S2. The van der Waals surface area contributed by atoms with Gasteiger partial charge in [0.15, 0.2) is 0 Å². The number of carbonyl (C=O) groups is 2. The fraction of sp³-hybridized carbons (Fsp3) is 0.263. The predicted molar refractivity (Wildman–Crippen MR) is 109 cm³/mol.